The maximum absolute atomic E-state index is 12.3. The average Bonchev–Trinajstić information content (AvgIpc) is 2.63. The molecule has 3 rings (SSSR count). The average molecular weight is 365 g/mol. The van der Waals surface area contributed by atoms with Gasteiger partial charge in [-0.15, -0.1) is 0 Å². The van der Waals surface area contributed by atoms with Gasteiger partial charge in [-0.1, -0.05) is 23.7 Å². The summed E-state index contributed by atoms with van der Waals surface area (Å²) in [5.74, 6) is -0.377. The minimum atomic E-state index is -0.377. The van der Waals surface area contributed by atoms with Crippen molar-refractivity contribution in [3.63, 3.8) is 0 Å². The van der Waals surface area contributed by atoms with Gasteiger partial charge in [-0.25, -0.2) is 4.79 Å². The van der Waals surface area contributed by atoms with Crippen molar-refractivity contribution >= 4 is 34.2 Å². The van der Waals surface area contributed by atoms with E-state index in [4.69, 9.17) is 21.1 Å². The fraction of sp³-hybridized carbons (Fsp3) is 0.444. The molecule has 6 nitrogen and oxygen atoms in total. The lowest BCUT2D eigenvalue weighted by atomic mass is 10.1. The monoisotopic (exact) mass is 364 g/mol. The first kappa shape index (κ1) is 17.9. The largest absolute Gasteiger partial charge is 0.462 e. The van der Waals surface area contributed by atoms with Crippen LogP contribution in [0.3, 0.4) is 0 Å². The lowest BCUT2D eigenvalue weighted by Crippen LogP contribution is -3.14. The zero-order chi connectivity index (χ0) is 17.6. The Kier molecular flexibility index (Phi) is 6.07. The molecule has 25 heavy (non-hydrogen) atoms. The van der Waals surface area contributed by atoms with Gasteiger partial charge in [0.25, 0.3) is 0 Å². The lowest BCUT2D eigenvalue weighted by molar-refractivity contribution is -0.906. The Morgan fingerprint density at radius 1 is 1.40 bits per heavy atom. The van der Waals surface area contributed by atoms with E-state index in [-0.39, 0.29) is 5.97 Å². The van der Waals surface area contributed by atoms with E-state index < -0.39 is 0 Å². The minimum Gasteiger partial charge on any atom is -0.462 e. The third kappa shape index (κ3) is 4.21. The molecule has 0 unspecified atom stereocenters. The van der Waals surface area contributed by atoms with E-state index in [1.807, 2.05) is 12.1 Å². The highest BCUT2D eigenvalue weighted by atomic mass is 35.5. The SMILES string of the molecule is CCOC(=O)c1cnc2c(Cl)cccc2c1NCC[NH+]1CCOCC1. The molecule has 0 amide bonds. The van der Waals surface area contributed by atoms with Crippen LogP contribution in [0.4, 0.5) is 5.69 Å². The van der Waals surface area contributed by atoms with E-state index in [0.29, 0.717) is 22.7 Å². The number of para-hydroxylation sites is 1. The standard InChI is InChI=1S/C18H22ClN3O3/c1-2-25-18(23)14-12-21-17-13(4-3-5-15(17)19)16(14)20-6-7-22-8-10-24-11-9-22/h3-5,12H,2,6-11H2,1H3,(H,20,21)/p+1. The van der Waals surface area contributed by atoms with Gasteiger partial charge in [-0.05, 0) is 13.0 Å². The molecule has 1 aromatic carbocycles. The maximum atomic E-state index is 12.3. The Balaban J connectivity index is 1.85. The third-order valence-corrected chi connectivity index (χ3v) is 4.63. The number of carbonyl (C=O) groups is 1. The Bertz CT molecular complexity index is 748. The summed E-state index contributed by atoms with van der Waals surface area (Å²) >= 11 is 6.25. The van der Waals surface area contributed by atoms with Crippen LogP contribution < -0.4 is 10.2 Å². The number of anilines is 1. The normalized spacial score (nSPS) is 15.3. The molecule has 0 radical (unpaired) electrons. The Labute approximate surface area is 152 Å². The molecule has 0 saturated carbocycles. The number of nitrogens with zero attached hydrogens (tertiary/aromatic N) is 1. The first-order chi connectivity index (χ1) is 12.2. The summed E-state index contributed by atoms with van der Waals surface area (Å²) in [5.41, 5.74) is 1.85. The van der Waals surface area contributed by atoms with Crippen molar-refractivity contribution in [3.05, 3.63) is 35.0 Å². The molecule has 0 bridgehead atoms. The number of rotatable bonds is 6. The number of morpholine rings is 1. The number of pyridine rings is 1. The summed E-state index contributed by atoms with van der Waals surface area (Å²) in [7, 11) is 0. The van der Waals surface area contributed by atoms with Gasteiger partial charge >= 0.3 is 5.97 Å². The maximum Gasteiger partial charge on any atom is 0.341 e. The quantitative estimate of drug-likeness (QED) is 0.758. The lowest BCUT2D eigenvalue weighted by Gasteiger charge is -2.24. The van der Waals surface area contributed by atoms with Crippen LogP contribution >= 0.6 is 11.6 Å². The molecule has 2 N–H and O–H groups in total. The molecule has 1 aromatic heterocycles. The summed E-state index contributed by atoms with van der Waals surface area (Å²) in [4.78, 5) is 18.1. The number of fused-ring (bicyclic) bond motifs is 1. The van der Waals surface area contributed by atoms with Crippen LogP contribution in [0, 0.1) is 0 Å². The van der Waals surface area contributed by atoms with E-state index >= 15 is 0 Å². The van der Waals surface area contributed by atoms with Crippen LogP contribution in [-0.4, -0.2) is 57.0 Å². The van der Waals surface area contributed by atoms with Crippen molar-refractivity contribution in [3.8, 4) is 0 Å². The molecule has 1 saturated heterocycles. The van der Waals surface area contributed by atoms with Crippen molar-refractivity contribution in [2.45, 2.75) is 6.92 Å². The number of ether oxygens (including phenoxy) is 2. The van der Waals surface area contributed by atoms with Gasteiger partial charge in [0.2, 0.25) is 0 Å². The Morgan fingerprint density at radius 3 is 2.96 bits per heavy atom. The molecule has 2 aromatic rings. The van der Waals surface area contributed by atoms with Crippen molar-refractivity contribution in [1.29, 1.82) is 0 Å². The highest BCUT2D eigenvalue weighted by Gasteiger charge is 2.19. The van der Waals surface area contributed by atoms with E-state index in [1.165, 1.54) is 11.1 Å². The number of hydrogen-bond donors (Lipinski definition) is 2. The highest BCUT2D eigenvalue weighted by molar-refractivity contribution is 6.35. The second-order valence-corrected chi connectivity index (χ2v) is 6.35. The van der Waals surface area contributed by atoms with Gasteiger partial charge in [0, 0.05) is 11.6 Å². The van der Waals surface area contributed by atoms with Crippen LogP contribution in [0.1, 0.15) is 17.3 Å². The summed E-state index contributed by atoms with van der Waals surface area (Å²) in [6, 6.07) is 5.57. The molecular formula is C18H23ClN3O3+. The third-order valence-electron chi connectivity index (χ3n) is 4.32. The fourth-order valence-electron chi connectivity index (χ4n) is 3.02. The first-order valence-electron chi connectivity index (χ1n) is 8.60. The second-order valence-electron chi connectivity index (χ2n) is 5.94. The van der Waals surface area contributed by atoms with Gasteiger partial charge in [-0.3, -0.25) is 4.98 Å². The van der Waals surface area contributed by atoms with Gasteiger partial charge in [0.05, 0.1) is 49.1 Å². The van der Waals surface area contributed by atoms with Crippen molar-refractivity contribution in [1.82, 2.24) is 4.98 Å². The Hall–Kier alpha value is -1.89. The van der Waals surface area contributed by atoms with Crippen LogP contribution in [0.2, 0.25) is 5.02 Å². The van der Waals surface area contributed by atoms with Crippen molar-refractivity contribution in [2.75, 3.05) is 51.3 Å². The van der Waals surface area contributed by atoms with E-state index in [2.05, 4.69) is 10.3 Å². The highest BCUT2D eigenvalue weighted by Crippen LogP contribution is 2.30. The topological polar surface area (TPSA) is 64.9 Å². The number of carbonyl (C=O) groups excluding carboxylic acids is 1. The van der Waals surface area contributed by atoms with Gasteiger partial charge in [-0.2, -0.15) is 0 Å². The zero-order valence-corrected chi connectivity index (χ0v) is 15.1. The van der Waals surface area contributed by atoms with Gasteiger partial charge in [0.15, 0.2) is 0 Å². The van der Waals surface area contributed by atoms with E-state index in [0.717, 1.165) is 50.5 Å². The molecule has 134 valence electrons. The van der Waals surface area contributed by atoms with E-state index in [9.17, 15) is 4.79 Å². The fourth-order valence-corrected chi connectivity index (χ4v) is 3.24. The van der Waals surface area contributed by atoms with E-state index in [1.54, 1.807) is 13.0 Å². The number of esters is 1. The predicted octanol–water partition coefficient (Wildman–Crippen LogP) is 1.39. The number of hydrogen-bond acceptors (Lipinski definition) is 5. The summed E-state index contributed by atoms with van der Waals surface area (Å²) in [5, 5.41) is 4.80. The van der Waals surface area contributed by atoms with Crippen molar-refractivity contribution < 1.29 is 19.2 Å². The molecule has 1 aliphatic heterocycles. The number of benzene rings is 1. The predicted molar refractivity (Wildman–Crippen MR) is 97.6 cm³/mol. The smallest absolute Gasteiger partial charge is 0.341 e. The molecule has 0 spiro atoms. The molecule has 7 heteroatoms. The van der Waals surface area contributed by atoms with Gasteiger partial charge < -0.3 is 19.7 Å². The summed E-state index contributed by atoms with van der Waals surface area (Å²) in [6.45, 7) is 7.43. The van der Waals surface area contributed by atoms with Crippen LogP contribution in [0.15, 0.2) is 24.4 Å². The molecule has 0 aliphatic carbocycles. The molecule has 1 fully saturated rings. The number of quaternary nitrogens is 1. The second kappa shape index (κ2) is 8.47. The summed E-state index contributed by atoms with van der Waals surface area (Å²) in [6.07, 6.45) is 1.54. The zero-order valence-electron chi connectivity index (χ0n) is 14.3. The van der Waals surface area contributed by atoms with Gasteiger partial charge in [0.1, 0.15) is 18.7 Å². The van der Waals surface area contributed by atoms with Crippen LogP contribution in [-0.2, 0) is 9.47 Å². The minimum absolute atomic E-state index is 0.323. The Morgan fingerprint density at radius 2 is 2.20 bits per heavy atom. The van der Waals surface area contributed by atoms with Crippen molar-refractivity contribution in [2.24, 2.45) is 0 Å². The molecule has 1 aliphatic rings. The number of halogens is 1. The number of aromatic nitrogens is 1. The summed E-state index contributed by atoms with van der Waals surface area (Å²) < 4.78 is 10.6. The van der Waals surface area contributed by atoms with Crippen LogP contribution in [0.5, 0.6) is 0 Å². The number of nitrogens with one attached hydrogen (secondary N) is 2. The molecule has 0 atom stereocenters. The molecule has 2 heterocycles. The first-order valence-corrected chi connectivity index (χ1v) is 8.98. The van der Waals surface area contributed by atoms with Crippen LogP contribution in [0.25, 0.3) is 10.9 Å². The molecular weight excluding hydrogens is 342 g/mol.